The SMILES string of the molecule is CCCCCCC(C)[C@H]1CC[C@H](Nc2nccc(-c3cn(CC4CCCOC4)c(=O)n3-c3cccc(C)c3)n2)CC1. The first-order valence-corrected chi connectivity index (χ1v) is 16.1. The molecule has 222 valence electrons. The minimum Gasteiger partial charge on any atom is -0.381 e. The van der Waals surface area contributed by atoms with Gasteiger partial charge in [0, 0.05) is 37.5 Å². The average molecular weight is 560 g/mol. The minimum atomic E-state index is -0.0357. The molecule has 1 aliphatic heterocycles. The van der Waals surface area contributed by atoms with E-state index in [-0.39, 0.29) is 5.69 Å². The van der Waals surface area contributed by atoms with Crippen LogP contribution in [0.15, 0.2) is 47.5 Å². The molecule has 0 bridgehead atoms. The first-order valence-electron chi connectivity index (χ1n) is 16.1. The Balaban J connectivity index is 1.31. The molecule has 1 saturated heterocycles. The topological polar surface area (TPSA) is 74.0 Å². The van der Waals surface area contributed by atoms with Crippen molar-refractivity contribution in [3.05, 3.63) is 58.8 Å². The van der Waals surface area contributed by atoms with Gasteiger partial charge in [0.05, 0.1) is 23.7 Å². The summed E-state index contributed by atoms with van der Waals surface area (Å²) in [6, 6.07) is 10.4. The smallest absolute Gasteiger partial charge is 0.333 e. The molecule has 2 aromatic heterocycles. The van der Waals surface area contributed by atoms with E-state index >= 15 is 0 Å². The molecule has 1 aliphatic carbocycles. The molecule has 5 rings (SSSR count). The van der Waals surface area contributed by atoms with Crippen LogP contribution in [0.2, 0.25) is 0 Å². The molecular formula is C34H49N5O2. The van der Waals surface area contributed by atoms with Gasteiger partial charge < -0.3 is 10.1 Å². The largest absolute Gasteiger partial charge is 0.381 e. The van der Waals surface area contributed by atoms with Crippen LogP contribution in [-0.4, -0.2) is 38.4 Å². The maximum absolute atomic E-state index is 13.8. The van der Waals surface area contributed by atoms with Crippen molar-refractivity contribution in [1.82, 2.24) is 19.1 Å². The lowest BCUT2D eigenvalue weighted by Gasteiger charge is -2.32. The van der Waals surface area contributed by atoms with E-state index in [1.807, 2.05) is 35.2 Å². The molecule has 7 heteroatoms. The molecule has 0 radical (unpaired) electrons. The van der Waals surface area contributed by atoms with E-state index in [9.17, 15) is 4.79 Å². The van der Waals surface area contributed by atoms with Crippen molar-refractivity contribution < 1.29 is 4.74 Å². The first kappa shape index (κ1) is 29.6. The van der Waals surface area contributed by atoms with E-state index < -0.39 is 0 Å². The summed E-state index contributed by atoms with van der Waals surface area (Å²) in [6.45, 7) is 8.97. The fourth-order valence-electron chi connectivity index (χ4n) is 6.76. The Labute approximate surface area is 245 Å². The number of aromatic nitrogens is 4. The number of anilines is 1. The van der Waals surface area contributed by atoms with E-state index in [0.717, 1.165) is 66.8 Å². The molecular weight excluding hydrogens is 510 g/mol. The molecule has 0 amide bonds. The van der Waals surface area contributed by atoms with Gasteiger partial charge in [0.15, 0.2) is 0 Å². The van der Waals surface area contributed by atoms with Crippen molar-refractivity contribution in [3.63, 3.8) is 0 Å². The average Bonchev–Trinajstić information content (AvgIpc) is 3.31. The van der Waals surface area contributed by atoms with Crippen LogP contribution in [0.5, 0.6) is 0 Å². The van der Waals surface area contributed by atoms with E-state index in [4.69, 9.17) is 9.72 Å². The molecule has 1 N–H and O–H groups in total. The number of nitrogens with zero attached hydrogens (tertiary/aromatic N) is 4. The molecule has 41 heavy (non-hydrogen) atoms. The lowest BCUT2D eigenvalue weighted by molar-refractivity contribution is 0.0480. The van der Waals surface area contributed by atoms with E-state index in [1.165, 1.54) is 44.9 Å². The molecule has 0 spiro atoms. The highest BCUT2D eigenvalue weighted by atomic mass is 16.5. The Morgan fingerprint density at radius 2 is 1.95 bits per heavy atom. The highest BCUT2D eigenvalue weighted by Crippen LogP contribution is 2.34. The monoisotopic (exact) mass is 559 g/mol. The third kappa shape index (κ3) is 7.68. The van der Waals surface area contributed by atoms with Crippen LogP contribution in [0, 0.1) is 24.7 Å². The van der Waals surface area contributed by atoms with Gasteiger partial charge in [-0.05, 0) is 81.0 Å². The summed E-state index contributed by atoms with van der Waals surface area (Å²) in [6.07, 6.45) is 17.6. The number of nitrogens with one attached hydrogen (secondary N) is 1. The number of benzene rings is 1. The van der Waals surface area contributed by atoms with Gasteiger partial charge in [0.1, 0.15) is 0 Å². The number of aryl methyl sites for hydroxylation is 1. The van der Waals surface area contributed by atoms with Gasteiger partial charge in [-0.1, -0.05) is 58.1 Å². The van der Waals surface area contributed by atoms with Gasteiger partial charge in [-0.2, -0.15) is 0 Å². The zero-order valence-corrected chi connectivity index (χ0v) is 25.4. The summed E-state index contributed by atoms with van der Waals surface area (Å²) in [7, 11) is 0. The zero-order chi connectivity index (χ0) is 28.6. The number of imidazole rings is 1. The second kappa shape index (κ2) is 14.3. The van der Waals surface area contributed by atoms with Crippen molar-refractivity contribution >= 4 is 5.95 Å². The predicted octanol–water partition coefficient (Wildman–Crippen LogP) is 7.41. The number of unbranched alkanes of at least 4 members (excludes halogenated alkanes) is 3. The van der Waals surface area contributed by atoms with Gasteiger partial charge in [0.2, 0.25) is 5.95 Å². The van der Waals surface area contributed by atoms with Gasteiger partial charge in [-0.3, -0.25) is 9.13 Å². The lowest BCUT2D eigenvalue weighted by Crippen LogP contribution is -2.29. The fraction of sp³-hybridized carbons (Fsp3) is 0.618. The van der Waals surface area contributed by atoms with Crippen LogP contribution in [0.4, 0.5) is 5.95 Å². The Bertz CT molecular complexity index is 1300. The maximum atomic E-state index is 13.8. The van der Waals surface area contributed by atoms with Gasteiger partial charge in [-0.25, -0.2) is 14.8 Å². The quantitative estimate of drug-likeness (QED) is 0.234. The maximum Gasteiger partial charge on any atom is 0.333 e. The number of rotatable bonds is 12. The second-order valence-electron chi connectivity index (χ2n) is 12.6. The fourth-order valence-corrected chi connectivity index (χ4v) is 6.76. The molecule has 3 heterocycles. The van der Waals surface area contributed by atoms with E-state index in [1.54, 1.807) is 4.57 Å². The molecule has 2 fully saturated rings. The molecule has 2 atom stereocenters. The van der Waals surface area contributed by atoms with Crippen molar-refractivity contribution in [2.45, 2.75) is 104 Å². The zero-order valence-electron chi connectivity index (χ0n) is 25.4. The van der Waals surface area contributed by atoms with Crippen LogP contribution >= 0.6 is 0 Å². The summed E-state index contributed by atoms with van der Waals surface area (Å²) in [5.74, 6) is 2.64. The minimum absolute atomic E-state index is 0.0357. The molecule has 2 aliphatic rings. The Kier molecular flexibility index (Phi) is 10.3. The normalized spacial score (nSPS) is 22.0. The van der Waals surface area contributed by atoms with Crippen molar-refractivity contribution in [1.29, 1.82) is 0 Å². The van der Waals surface area contributed by atoms with Gasteiger partial charge in [0.25, 0.3) is 0 Å². The molecule has 2 unspecified atom stereocenters. The van der Waals surface area contributed by atoms with Crippen molar-refractivity contribution in [2.75, 3.05) is 18.5 Å². The second-order valence-corrected chi connectivity index (χ2v) is 12.6. The van der Waals surface area contributed by atoms with Crippen LogP contribution in [0.25, 0.3) is 17.1 Å². The molecule has 3 aromatic rings. The third-order valence-corrected chi connectivity index (χ3v) is 9.27. The summed E-state index contributed by atoms with van der Waals surface area (Å²) >= 11 is 0. The summed E-state index contributed by atoms with van der Waals surface area (Å²) in [5, 5.41) is 3.63. The summed E-state index contributed by atoms with van der Waals surface area (Å²) in [5.41, 5.74) is 3.49. The Morgan fingerprint density at radius 1 is 1.10 bits per heavy atom. The summed E-state index contributed by atoms with van der Waals surface area (Å²) < 4.78 is 9.34. The third-order valence-electron chi connectivity index (χ3n) is 9.27. The Hall–Kier alpha value is -2.93. The first-order chi connectivity index (χ1) is 20.0. The van der Waals surface area contributed by atoms with Crippen LogP contribution < -0.4 is 11.0 Å². The van der Waals surface area contributed by atoms with Crippen molar-refractivity contribution in [2.24, 2.45) is 17.8 Å². The predicted molar refractivity (Wildman–Crippen MR) is 167 cm³/mol. The highest BCUT2D eigenvalue weighted by Gasteiger charge is 2.26. The number of ether oxygens (including phenoxy) is 1. The number of hydrogen-bond acceptors (Lipinski definition) is 5. The van der Waals surface area contributed by atoms with Crippen molar-refractivity contribution in [3.8, 4) is 17.1 Å². The number of hydrogen-bond donors (Lipinski definition) is 1. The Morgan fingerprint density at radius 3 is 2.71 bits per heavy atom. The molecule has 1 saturated carbocycles. The van der Waals surface area contributed by atoms with E-state index in [2.05, 4.69) is 43.2 Å². The highest BCUT2D eigenvalue weighted by molar-refractivity contribution is 5.59. The van der Waals surface area contributed by atoms with Gasteiger partial charge >= 0.3 is 5.69 Å². The van der Waals surface area contributed by atoms with Gasteiger partial charge in [-0.15, -0.1) is 0 Å². The standard InChI is InChI=1S/C34H49N5O2/c1-4-5-6-7-11-26(3)28-14-16-29(17-15-28)36-33-35-19-18-31(37-33)32-23-38(22-27-12-9-20-41-24-27)34(40)39(32)30-13-8-10-25(2)21-30/h8,10,13,18-19,21,23,26-29H,4-7,9,11-12,14-17,20,22,24H2,1-3H3,(H,35,36,37)/t26?,27?,28-,29-. The van der Waals surface area contributed by atoms with Crippen LogP contribution in [-0.2, 0) is 11.3 Å². The summed E-state index contributed by atoms with van der Waals surface area (Å²) in [4.78, 5) is 23.3. The molecule has 7 nitrogen and oxygen atoms in total. The van der Waals surface area contributed by atoms with Crippen LogP contribution in [0.1, 0.15) is 90.0 Å². The lowest BCUT2D eigenvalue weighted by atomic mass is 9.77. The van der Waals surface area contributed by atoms with Crippen LogP contribution in [0.3, 0.4) is 0 Å². The molecule has 1 aromatic carbocycles. The van der Waals surface area contributed by atoms with E-state index in [0.29, 0.717) is 31.1 Å².